The van der Waals surface area contributed by atoms with E-state index in [4.69, 9.17) is 5.11 Å². The number of aromatic nitrogens is 2. The van der Waals surface area contributed by atoms with Crippen LogP contribution in [0.5, 0.6) is 0 Å². The van der Waals surface area contributed by atoms with E-state index >= 15 is 0 Å². The molecule has 1 unspecified atom stereocenters. The van der Waals surface area contributed by atoms with Crippen LogP contribution in [0.25, 0.3) is 0 Å². The molecule has 0 saturated carbocycles. The van der Waals surface area contributed by atoms with E-state index in [1.165, 1.54) is 19.5 Å². The third-order valence-electron chi connectivity index (χ3n) is 1.20. The van der Waals surface area contributed by atoms with Crippen LogP contribution in [0, 0.1) is 0 Å². The molecule has 5 heteroatoms. The highest BCUT2D eigenvalue weighted by molar-refractivity contribution is 5.74. The zero-order chi connectivity index (χ0) is 8.27. The molecule has 1 rings (SSSR count). The summed E-state index contributed by atoms with van der Waals surface area (Å²) in [4.78, 5) is 16.9. The minimum absolute atomic E-state index is 0.192. The van der Waals surface area contributed by atoms with Crippen LogP contribution in [-0.4, -0.2) is 28.2 Å². The average Bonchev–Trinajstić information content (AvgIpc) is 2.53. The summed E-state index contributed by atoms with van der Waals surface area (Å²) in [6.07, 6.45) is 1.65. The zero-order valence-electron chi connectivity index (χ0n) is 5.94. The van der Waals surface area contributed by atoms with Crippen molar-refractivity contribution in [2.24, 2.45) is 0 Å². The summed E-state index contributed by atoms with van der Waals surface area (Å²) in [5.74, 6) is -0.531. The summed E-state index contributed by atoms with van der Waals surface area (Å²) in [6.45, 7) is 0. The summed E-state index contributed by atoms with van der Waals surface area (Å²) in [6, 6.07) is 0. The van der Waals surface area contributed by atoms with E-state index in [0.29, 0.717) is 0 Å². The Kier molecular flexibility index (Phi) is 2.22. The van der Waals surface area contributed by atoms with Crippen molar-refractivity contribution < 1.29 is 14.6 Å². The first-order chi connectivity index (χ1) is 5.25. The quantitative estimate of drug-likeness (QED) is 0.572. The van der Waals surface area contributed by atoms with Crippen LogP contribution in [0.15, 0.2) is 12.4 Å². The molecule has 0 bridgehead atoms. The van der Waals surface area contributed by atoms with E-state index < -0.39 is 12.1 Å². The van der Waals surface area contributed by atoms with E-state index in [2.05, 4.69) is 14.7 Å². The molecule has 0 saturated heterocycles. The van der Waals surface area contributed by atoms with Crippen molar-refractivity contribution in [3.63, 3.8) is 0 Å². The minimum atomic E-state index is -1.31. The molecule has 0 spiro atoms. The second kappa shape index (κ2) is 3.16. The number of aromatic amines is 1. The highest BCUT2D eigenvalue weighted by atomic mass is 16.5. The van der Waals surface area contributed by atoms with Gasteiger partial charge in [0.2, 0.25) is 6.10 Å². The summed E-state index contributed by atoms with van der Waals surface area (Å²) in [7, 11) is 1.20. The van der Waals surface area contributed by atoms with Gasteiger partial charge >= 0.3 is 5.97 Å². The number of hydrogen-bond donors (Lipinski definition) is 2. The van der Waals surface area contributed by atoms with Crippen LogP contribution in [0.3, 0.4) is 0 Å². The van der Waals surface area contributed by atoms with Gasteiger partial charge in [-0.05, 0) is 0 Å². The zero-order valence-corrected chi connectivity index (χ0v) is 5.94. The minimum Gasteiger partial charge on any atom is -0.467 e. The second-order valence-corrected chi connectivity index (χ2v) is 1.90. The monoisotopic (exact) mass is 156 g/mol. The van der Waals surface area contributed by atoms with Gasteiger partial charge in [0.25, 0.3) is 0 Å². The first kappa shape index (κ1) is 7.74. The van der Waals surface area contributed by atoms with Gasteiger partial charge < -0.3 is 14.8 Å². The smallest absolute Gasteiger partial charge is 0.342 e. The number of methoxy groups -OCH3 is 1. The molecular weight excluding hydrogens is 148 g/mol. The van der Waals surface area contributed by atoms with E-state index in [9.17, 15) is 4.79 Å². The number of aliphatic hydroxyl groups is 1. The van der Waals surface area contributed by atoms with Gasteiger partial charge in [-0.3, -0.25) is 0 Å². The van der Waals surface area contributed by atoms with Crippen molar-refractivity contribution in [3.8, 4) is 0 Å². The molecule has 0 aromatic carbocycles. The number of rotatable bonds is 2. The largest absolute Gasteiger partial charge is 0.467 e. The fourth-order valence-corrected chi connectivity index (χ4v) is 0.650. The first-order valence-corrected chi connectivity index (χ1v) is 3.01. The average molecular weight is 156 g/mol. The molecule has 0 aliphatic rings. The Morgan fingerprint density at radius 3 is 3.09 bits per heavy atom. The number of nitrogens with zero attached hydrogens (tertiary/aromatic N) is 1. The number of carbonyl (C=O) groups excluding carboxylic acids is 1. The van der Waals surface area contributed by atoms with Gasteiger partial charge in [-0.25, -0.2) is 9.78 Å². The number of hydrogen-bond acceptors (Lipinski definition) is 4. The van der Waals surface area contributed by atoms with E-state index in [0.717, 1.165) is 0 Å². The maximum Gasteiger partial charge on any atom is 0.342 e. The lowest BCUT2D eigenvalue weighted by atomic mass is 10.3. The molecule has 0 amide bonds. The van der Waals surface area contributed by atoms with Crippen LogP contribution in [-0.2, 0) is 9.53 Å². The third-order valence-corrected chi connectivity index (χ3v) is 1.20. The van der Waals surface area contributed by atoms with Gasteiger partial charge in [-0.15, -0.1) is 0 Å². The van der Waals surface area contributed by atoms with Gasteiger partial charge in [-0.1, -0.05) is 0 Å². The molecule has 0 aliphatic heterocycles. The second-order valence-electron chi connectivity index (χ2n) is 1.90. The Bertz CT molecular complexity index is 232. The lowest BCUT2D eigenvalue weighted by Crippen LogP contribution is -2.14. The third kappa shape index (κ3) is 1.56. The molecule has 0 fully saturated rings. The number of esters is 1. The van der Waals surface area contributed by atoms with Gasteiger partial charge in [0.15, 0.2) is 0 Å². The summed E-state index contributed by atoms with van der Waals surface area (Å²) in [5, 5.41) is 9.11. The summed E-state index contributed by atoms with van der Waals surface area (Å²) in [5.41, 5.74) is 0. The van der Waals surface area contributed by atoms with Crippen LogP contribution in [0.4, 0.5) is 0 Å². The molecular formula is C6H8N2O3. The molecule has 1 aromatic heterocycles. The number of aliphatic hydroxyl groups excluding tert-OH is 1. The van der Waals surface area contributed by atoms with Crippen molar-refractivity contribution in [3.05, 3.63) is 18.2 Å². The topological polar surface area (TPSA) is 75.2 Å². The maximum atomic E-state index is 10.7. The molecule has 1 heterocycles. The molecule has 5 nitrogen and oxygen atoms in total. The van der Waals surface area contributed by atoms with Crippen molar-refractivity contribution in [2.45, 2.75) is 6.10 Å². The van der Waals surface area contributed by atoms with E-state index in [1.807, 2.05) is 0 Å². The fourth-order valence-electron chi connectivity index (χ4n) is 0.650. The van der Waals surface area contributed by atoms with Crippen LogP contribution < -0.4 is 0 Å². The van der Waals surface area contributed by atoms with Crippen molar-refractivity contribution in [1.82, 2.24) is 9.97 Å². The number of H-pyrrole nitrogens is 1. The maximum absolute atomic E-state index is 10.7. The molecule has 60 valence electrons. The number of imidazole rings is 1. The molecule has 0 radical (unpaired) electrons. The fraction of sp³-hybridized carbons (Fsp3) is 0.333. The van der Waals surface area contributed by atoms with Crippen molar-refractivity contribution in [1.29, 1.82) is 0 Å². The van der Waals surface area contributed by atoms with Crippen molar-refractivity contribution >= 4 is 5.97 Å². The molecule has 1 aromatic rings. The van der Waals surface area contributed by atoms with Crippen LogP contribution >= 0.6 is 0 Å². The van der Waals surface area contributed by atoms with Crippen LogP contribution in [0.2, 0.25) is 0 Å². The number of nitrogens with one attached hydrogen (secondary N) is 1. The first-order valence-electron chi connectivity index (χ1n) is 3.01. The highest BCUT2D eigenvalue weighted by Crippen LogP contribution is 2.06. The van der Waals surface area contributed by atoms with Gasteiger partial charge in [0, 0.05) is 12.4 Å². The van der Waals surface area contributed by atoms with E-state index in [1.54, 1.807) is 0 Å². The molecule has 11 heavy (non-hydrogen) atoms. The molecule has 0 aliphatic carbocycles. The van der Waals surface area contributed by atoms with Crippen LogP contribution in [0.1, 0.15) is 11.9 Å². The van der Waals surface area contributed by atoms with Gasteiger partial charge in [0.05, 0.1) is 7.11 Å². The Hall–Kier alpha value is -1.36. The predicted molar refractivity (Wildman–Crippen MR) is 35.6 cm³/mol. The lowest BCUT2D eigenvalue weighted by molar-refractivity contribution is -0.151. The summed E-state index contributed by atoms with van der Waals surface area (Å²) >= 11 is 0. The molecule has 2 N–H and O–H groups in total. The van der Waals surface area contributed by atoms with Gasteiger partial charge in [0.1, 0.15) is 5.82 Å². The Labute approximate surface area is 63.0 Å². The SMILES string of the molecule is COC(=O)C(O)c1ncc[nH]1. The highest BCUT2D eigenvalue weighted by Gasteiger charge is 2.19. The lowest BCUT2D eigenvalue weighted by Gasteiger charge is -2.03. The Morgan fingerprint density at radius 2 is 2.64 bits per heavy atom. The van der Waals surface area contributed by atoms with Crippen molar-refractivity contribution in [2.75, 3.05) is 7.11 Å². The molecule has 1 atom stereocenters. The Balaban J connectivity index is 2.70. The Morgan fingerprint density at radius 1 is 1.91 bits per heavy atom. The van der Waals surface area contributed by atoms with E-state index in [-0.39, 0.29) is 5.82 Å². The standard InChI is InChI=1S/C6H8N2O3/c1-11-6(10)4(9)5-7-2-3-8-5/h2-4,9H,1H3,(H,7,8). The summed E-state index contributed by atoms with van der Waals surface area (Å²) < 4.78 is 4.29. The predicted octanol–water partition coefficient (Wildman–Crippen LogP) is -0.384. The number of carbonyl (C=O) groups is 1. The van der Waals surface area contributed by atoms with Gasteiger partial charge in [-0.2, -0.15) is 0 Å². The normalized spacial score (nSPS) is 12.5. The number of ether oxygens (including phenoxy) is 1.